The third-order valence-corrected chi connectivity index (χ3v) is 2.40. The molecule has 0 aromatic heterocycles. The number of ether oxygens (including phenoxy) is 2. The van der Waals surface area contributed by atoms with E-state index in [9.17, 15) is 22.8 Å². The standard InChI is InChI=1S/C14H16F3NO4/c1-2-22-13(20)10-4-3-5-11(8-10)18-12(19)6-7-21-9-14(15,16)17/h3-5,8H,2,6-7,9H2,1H3,(H,18,19). The number of alkyl halides is 3. The summed E-state index contributed by atoms with van der Waals surface area (Å²) in [5, 5.41) is 2.47. The van der Waals surface area contributed by atoms with Crippen LogP contribution < -0.4 is 5.32 Å². The molecule has 5 nitrogen and oxygen atoms in total. The fraction of sp³-hybridized carbons (Fsp3) is 0.429. The highest BCUT2D eigenvalue weighted by molar-refractivity contribution is 5.94. The molecule has 0 saturated heterocycles. The van der Waals surface area contributed by atoms with Crippen molar-refractivity contribution in [3.8, 4) is 0 Å². The Balaban J connectivity index is 2.44. The predicted octanol–water partition coefficient (Wildman–Crippen LogP) is 2.77. The van der Waals surface area contributed by atoms with E-state index >= 15 is 0 Å². The Kier molecular flexibility index (Phi) is 6.84. The monoisotopic (exact) mass is 319 g/mol. The molecular formula is C14H16F3NO4. The molecule has 0 aliphatic heterocycles. The van der Waals surface area contributed by atoms with E-state index in [-0.39, 0.29) is 25.2 Å². The van der Waals surface area contributed by atoms with Gasteiger partial charge in [0.05, 0.1) is 25.2 Å². The minimum Gasteiger partial charge on any atom is -0.462 e. The number of hydrogen-bond donors (Lipinski definition) is 1. The number of carbonyl (C=O) groups excluding carboxylic acids is 2. The molecule has 0 fully saturated rings. The highest BCUT2D eigenvalue weighted by Gasteiger charge is 2.27. The fourth-order valence-electron chi connectivity index (χ4n) is 1.51. The molecule has 1 aromatic carbocycles. The molecule has 122 valence electrons. The molecule has 8 heteroatoms. The van der Waals surface area contributed by atoms with Crippen LogP contribution in [0.4, 0.5) is 18.9 Å². The van der Waals surface area contributed by atoms with Crippen molar-refractivity contribution < 1.29 is 32.2 Å². The van der Waals surface area contributed by atoms with Crippen LogP contribution >= 0.6 is 0 Å². The van der Waals surface area contributed by atoms with Crippen LogP contribution in [0.25, 0.3) is 0 Å². The van der Waals surface area contributed by atoms with Gasteiger partial charge >= 0.3 is 12.1 Å². The summed E-state index contributed by atoms with van der Waals surface area (Å²) in [6, 6.07) is 6.06. The molecule has 0 aliphatic rings. The van der Waals surface area contributed by atoms with Gasteiger partial charge in [0.15, 0.2) is 0 Å². The third-order valence-electron chi connectivity index (χ3n) is 2.40. The van der Waals surface area contributed by atoms with Crippen LogP contribution in [0, 0.1) is 0 Å². The van der Waals surface area contributed by atoms with Gasteiger partial charge in [0.25, 0.3) is 0 Å². The lowest BCUT2D eigenvalue weighted by molar-refractivity contribution is -0.174. The molecule has 0 atom stereocenters. The second kappa shape index (κ2) is 8.38. The van der Waals surface area contributed by atoms with Crippen LogP contribution in [0.2, 0.25) is 0 Å². The zero-order valence-electron chi connectivity index (χ0n) is 11.9. The molecule has 0 radical (unpaired) electrons. The molecular weight excluding hydrogens is 303 g/mol. The van der Waals surface area contributed by atoms with Gasteiger partial charge in [-0.15, -0.1) is 0 Å². The van der Waals surface area contributed by atoms with Gasteiger partial charge < -0.3 is 14.8 Å². The number of esters is 1. The maximum Gasteiger partial charge on any atom is 0.411 e. The van der Waals surface area contributed by atoms with E-state index < -0.39 is 24.7 Å². The molecule has 0 heterocycles. The topological polar surface area (TPSA) is 64.6 Å². The molecule has 1 N–H and O–H groups in total. The lowest BCUT2D eigenvalue weighted by atomic mass is 10.2. The van der Waals surface area contributed by atoms with Gasteiger partial charge in [-0.25, -0.2) is 4.79 Å². The second-order valence-corrected chi connectivity index (χ2v) is 4.27. The summed E-state index contributed by atoms with van der Waals surface area (Å²) >= 11 is 0. The van der Waals surface area contributed by atoms with Gasteiger partial charge in [-0.1, -0.05) is 6.07 Å². The first-order chi connectivity index (χ1) is 10.3. The summed E-state index contributed by atoms with van der Waals surface area (Å²) in [6.45, 7) is 0.165. The van der Waals surface area contributed by atoms with E-state index in [2.05, 4.69) is 10.1 Å². The molecule has 1 amide bonds. The summed E-state index contributed by atoms with van der Waals surface area (Å²) in [5.74, 6) is -1.03. The van der Waals surface area contributed by atoms with Gasteiger partial charge in [-0.2, -0.15) is 13.2 Å². The number of anilines is 1. The van der Waals surface area contributed by atoms with E-state index in [1.165, 1.54) is 12.1 Å². The van der Waals surface area contributed by atoms with Crippen molar-refractivity contribution in [2.75, 3.05) is 25.1 Å². The van der Waals surface area contributed by atoms with E-state index in [0.717, 1.165) is 0 Å². The Labute approximate surface area is 125 Å². The van der Waals surface area contributed by atoms with Crippen LogP contribution in [0.3, 0.4) is 0 Å². The van der Waals surface area contributed by atoms with Crippen molar-refractivity contribution in [2.45, 2.75) is 19.5 Å². The van der Waals surface area contributed by atoms with Gasteiger partial charge in [-0.05, 0) is 25.1 Å². The van der Waals surface area contributed by atoms with Gasteiger partial charge in [0, 0.05) is 5.69 Å². The largest absolute Gasteiger partial charge is 0.462 e. The van der Waals surface area contributed by atoms with Gasteiger partial charge in [-0.3, -0.25) is 4.79 Å². The molecule has 1 rings (SSSR count). The van der Waals surface area contributed by atoms with E-state index in [4.69, 9.17) is 4.74 Å². The molecule has 0 unspecified atom stereocenters. The Morgan fingerprint density at radius 3 is 2.64 bits per heavy atom. The van der Waals surface area contributed by atoms with E-state index in [1.54, 1.807) is 19.1 Å². The van der Waals surface area contributed by atoms with Crippen molar-refractivity contribution >= 4 is 17.6 Å². The smallest absolute Gasteiger partial charge is 0.411 e. The normalized spacial score (nSPS) is 11.1. The van der Waals surface area contributed by atoms with Crippen LogP contribution in [-0.4, -0.2) is 37.9 Å². The zero-order valence-corrected chi connectivity index (χ0v) is 11.9. The quantitative estimate of drug-likeness (QED) is 0.620. The molecule has 0 saturated carbocycles. The predicted molar refractivity (Wildman–Crippen MR) is 72.5 cm³/mol. The molecule has 0 spiro atoms. The highest BCUT2D eigenvalue weighted by atomic mass is 19.4. The van der Waals surface area contributed by atoms with Gasteiger partial charge in [0.1, 0.15) is 6.61 Å². The number of carbonyl (C=O) groups is 2. The average Bonchev–Trinajstić information content (AvgIpc) is 2.43. The van der Waals surface area contributed by atoms with Crippen molar-refractivity contribution in [1.82, 2.24) is 0 Å². The lowest BCUT2D eigenvalue weighted by Crippen LogP contribution is -2.20. The Morgan fingerprint density at radius 2 is 2.00 bits per heavy atom. The zero-order chi connectivity index (χ0) is 16.6. The molecule has 0 aliphatic carbocycles. The summed E-state index contributed by atoms with van der Waals surface area (Å²) in [6.07, 6.45) is -4.63. The minimum absolute atomic E-state index is 0.223. The van der Waals surface area contributed by atoms with Crippen LogP contribution in [0.1, 0.15) is 23.7 Å². The van der Waals surface area contributed by atoms with Crippen molar-refractivity contribution in [3.63, 3.8) is 0 Å². The first kappa shape index (κ1) is 18.0. The minimum atomic E-state index is -4.41. The number of hydrogen-bond acceptors (Lipinski definition) is 4. The average molecular weight is 319 g/mol. The Bertz CT molecular complexity index is 517. The first-order valence-corrected chi connectivity index (χ1v) is 6.53. The first-order valence-electron chi connectivity index (χ1n) is 6.53. The van der Waals surface area contributed by atoms with E-state index in [1.807, 2.05) is 0 Å². The summed E-state index contributed by atoms with van der Waals surface area (Å²) < 4.78 is 44.7. The Morgan fingerprint density at radius 1 is 1.27 bits per heavy atom. The Hall–Kier alpha value is -2.09. The van der Waals surface area contributed by atoms with Crippen molar-refractivity contribution in [1.29, 1.82) is 0 Å². The molecule has 22 heavy (non-hydrogen) atoms. The van der Waals surface area contributed by atoms with Gasteiger partial charge in [0.2, 0.25) is 5.91 Å². The SMILES string of the molecule is CCOC(=O)c1cccc(NC(=O)CCOCC(F)(F)F)c1. The number of benzene rings is 1. The maximum absolute atomic E-state index is 11.8. The fourth-order valence-corrected chi connectivity index (χ4v) is 1.51. The number of nitrogens with one attached hydrogen (secondary N) is 1. The van der Waals surface area contributed by atoms with Crippen LogP contribution in [0.5, 0.6) is 0 Å². The molecule has 0 bridgehead atoms. The van der Waals surface area contributed by atoms with Crippen molar-refractivity contribution in [2.24, 2.45) is 0 Å². The van der Waals surface area contributed by atoms with E-state index in [0.29, 0.717) is 5.69 Å². The highest BCUT2D eigenvalue weighted by Crippen LogP contribution is 2.15. The molecule has 1 aromatic rings. The number of halogens is 3. The third kappa shape index (κ3) is 7.07. The van der Waals surface area contributed by atoms with Crippen LogP contribution in [0.15, 0.2) is 24.3 Å². The summed E-state index contributed by atoms with van der Waals surface area (Å²) in [4.78, 5) is 23.1. The van der Waals surface area contributed by atoms with Crippen molar-refractivity contribution in [3.05, 3.63) is 29.8 Å². The lowest BCUT2D eigenvalue weighted by Gasteiger charge is -2.09. The number of amides is 1. The maximum atomic E-state index is 11.8. The summed E-state index contributed by atoms with van der Waals surface area (Å²) in [7, 11) is 0. The van der Waals surface area contributed by atoms with Crippen LogP contribution in [-0.2, 0) is 14.3 Å². The number of rotatable bonds is 7. The second-order valence-electron chi connectivity index (χ2n) is 4.27. The summed E-state index contributed by atoms with van der Waals surface area (Å²) in [5.41, 5.74) is 0.624.